The Morgan fingerprint density at radius 2 is 2.19 bits per heavy atom. The van der Waals surface area contributed by atoms with Gasteiger partial charge in [-0.05, 0) is 44.2 Å². The van der Waals surface area contributed by atoms with Crippen LogP contribution in [0.25, 0.3) is 0 Å². The van der Waals surface area contributed by atoms with Gasteiger partial charge < -0.3 is 10.2 Å². The Labute approximate surface area is 128 Å². The highest BCUT2D eigenvalue weighted by atomic mass is 35.5. The van der Waals surface area contributed by atoms with Crippen molar-refractivity contribution in [3.63, 3.8) is 0 Å². The topological polar surface area (TPSA) is 62.3 Å². The van der Waals surface area contributed by atoms with E-state index in [-0.39, 0.29) is 17.7 Å². The molecule has 0 radical (unpaired) electrons. The number of piperazine rings is 1. The van der Waals surface area contributed by atoms with E-state index in [9.17, 15) is 9.59 Å². The highest BCUT2D eigenvalue weighted by molar-refractivity contribution is 6.31. The number of halogens is 1. The minimum absolute atomic E-state index is 0.0584. The third-order valence-electron chi connectivity index (χ3n) is 4.56. The van der Waals surface area contributed by atoms with Crippen LogP contribution in [-0.2, 0) is 16.1 Å². The largest absolute Gasteiger partial charge is 0.343 e. The number of hydrogen-bond acceptors (Lipinski definition) is 3. The van der Waals surface area contributed by atoms with Crippen LogP contribution in [0.1, 0.15) is 32.3 Å². The minimum atomic E-state index is -0.782. The Hall–Kier alpha value is -1.62. The van der Waals surface area contributed by atoms with Crippen LogP contribution in [0, 0.1) is 5.92 Å². The molecule has 2 atom stereocenters. The maximum Gasteiger partial charge on any atom is 0.246 e. The van der Waals surface area contributed by atoms with Gasteiger partial charge in [0.05, 0.1) is 5.02 Å². The first-order valence-corrected chi connectivity index (χ1v) is 7.53. The summed E-state index contributed by atoms with van der Waals surface area (Å²) in [5.74, 6) is 0.105. The molecular weight excluding hydrogens is 290 g/mol. The van der Waals surface area contributed by atoms with Gasteiger partial charge in [0.15, 0.2) is 0 Å². The van der Waals surface area contributed by atoms with Gasteiger partial charge in [0, 0.05) is 18.9 Å². The predicted molar refractivity (Wildman–Crippen MR) is 78.5 cm³/mol. The summed E-state index contributed by atoms with van der Waals surface area (Å²) in [6, 6.07) is 1.30. The highest BCUT2D eigenvalue weighted by Gasteiger charge is 2.56. The van der Waals surface area contributed by atoms with Crippen molar-refractivity contribution in [2.24, 2.45) is 5.92 Å². The zero-order valence-electron chi connectivity index (χ0n) is 12.1. The third kappa shape index (κ3) is 2.29. The first-order chi connectivity index (χ1) is 9.94. The van der Waals surface area contributed by atoms with E-state index in [0.29, 0.717) is 11.6 Å². The number of nitrogens with one attached hydrogen (secondary N) is 1. The van der Waals surface area contributed by atoms with E-state index in [4.69, 9.17) is 11.6 Å². The quantitative estimate of drug-likeness (QED) is 0.925. The molecule has 6 heteroatoms. The lowest BCUT2D eigenvalue weighted by Crippen LogP contribution is -2.69. The van der Waals surface area contributed by atoms with Crippen molar-refractivity contribution < 1.29 is 9.59 Å². The first-order valence-electron chi connectivity index (χ1n) is 7.15. The molecule has 1 aliphatic heterocycles. The maximum atomic E-state index is 12.6. The van der Waals surface area contributed by atoms with Gasteiger partial charge in [0.2, 0.25) is 11.8 Å². The van der Waals surface area contributed by atoms with Crippen molar-refractivity contribution in [1.29, 1.82) is 0 Å². The van der Waals surface area contributed by atoms with Crippen molar-refractivity contribution in [2.45, 2.75) is 44.8 Å². The number of hydrogen-bond donors (Lipinski definition) is 1. The molecule has 2 fully saturated rings. The number of nitrogens with zero attached hydrogens (tertiary/aromatic N) is 2. The van der Waals surface area contributed by atoms with Gasteiger partial charge in [-0.15, -0.1) is 0 Å². The Morgan fingerprint density at radius 1 is 1.48 bits per heavy atom. The van der Waals surface area contributed by atoms with E-state index >= 15 is 0 Å². The van der Waals surface area contributed by atoms with E-state index in [1.54, 1.807) is 30.3 Å². The lowest BCUT2D eigenvalue weighted by molar-refractivity contribution is -0.158. The van der Waals surface area contributed by atoms with Crippen LogP contribution in [0.3, 0.4) is 0 Å². The molecule has 1 N–H and O–H groups in total. The number of pyridine rings is 1. The first kappa shape index (κ1) is 14.3. The molecule has 1 aromatic rings. The molecule has 21 heavy (non-hydrogen) atoms. The summed E-state index contributed by atoms with van der Waals surface area (Å²) in [6.07, 6.45) is 5.16. The second-order valence-electron chi connectivity index (χ2n) is 6.01. The van der Waals surface area contributed by atoms with Gasteiger partial charge in [0.25, 0.3) is 0 Å². The van der Waals surface area contributed by atoms with E-state index in [2.05, 4.69) is 10.3 Å². The summed E-state index contributed by atoms with van der Waals surface area (Å²) in [5, 5.41) is 3.31. The molecule has 2 unspecified atom stereocenters. The second-order valence-corrected chi connectivity index (χ2v) is 6.42. The van der Waals surface area contributed by atoms with Crippen molar-refractivity contribution in [2.75, 3.05) is 0 Å². The molecule has 5 nitrogen and oxygen atoms in total. The lowest BCUT2D eigenvalue weighted by atomic mass is 9.88. The second kappa shape index (κ2) is 4.98. The summed E-state index contributed by atoms with van der Waals surface area (Å²) in [6.45, 7) is 3.91. The molecule has 2 aliphatic rings. The molecule has 112 valence electrons. The van der Waals surface area contributed by atoms with Crippen LogP contribution in [-0.4, -0.2) is 33.3 Å². The maximum absolute atomic E-state index is 12.6. The summed E-state index contributed by atoms with van der Waals surface area (Å²) in [7, 11) is 0. The van der Waals surface area contributed by atoms with Crippen LogP contribution in [0.5, 0.6) is 0 Å². The molecule has 1 saturated heterocycles. The van der Waals surface area contributed by atoms with E-state index in [0.717, 1.165) is 18.4 Å². The van der Waals surface area contributed by atoms with Crippen molar-refractivity contribution in [3.8, 4) is 0 Å². The van der Waals surface area contributed by atoms with Crippen molar-refractivity contribution in [1.82, 2.24) is 15.2 Å². The van der Waals surface area contributed by atoms with E-state index in [1.165, 1.54) is 0 Å². The Bertz CT molecular complexity index is 602. The Morgan fingerprint density at radius 3 is 2.81 bits per heavy atom. The van der Waals surface area contributed by atoms with Crippen LogP contribution < -0.4 is 5.32 Å². The summed E-state index contributed by atoms with van der Waals surface area (Å²) >= 11 is 6.15. The average Bonchev–Trinajstić information content (AvgIpc) is 3.28. The molecule has 0 aromatic carbocycles. The molecule has 1 saturated carbocycles. The zero-order chi connectivity index (χ0) is 15.2. The lowest BCUT2D eigenvalue weighted by Gasteiger charge is -2.46. The molecule has 3 rings (SSSR count). The number of carbonyl (C=O) groups excluding carboxylic acids is 2. The number of aromatic nitrogens is 1. The zero-order valence-corrected chi connectivity index (χ0v) is 12.9. The highest BCUT2D eigenvalue weighted by Crippen LogP contribution is 2.45. The summed E-state index contributed by atoms with van der Waals surface area (Å²) in [4.78, 5) is 30.7. The average molecular weight is 308 g/mol. The standard InChI is InChI=1S/C15H18ClN3O2/c1-9-13(20)19(8-10-5-6-17-7-12(10)16)15(2,11-3-4-11)14(21)18-9/h5-7,9,11H,3-4,8H2,1-2H3,(H,18,21). The third-order valence-corrected chi connectivity index (χ3v) is 4.90. The van der Waals surface area contributed by atoms with Gasteiger partial charge >= 0.3 is 0 Å². The Balaban J connectivity index is 1.97. The molecule has 1 aliphatic carbocycles. The summed E-state index contributed by atoms with van der Waals surface area (Å²) in [5.41, 5.74) is 0.0321. The molecular formula is C15H18ClN3O2. The van der Waals surface area contributed by atoms with Crippen LogP contribution >= 0.6 is 11.6 Å². The predicted octanol–water partition coefficient (Wildman–Crippen LogP) is 1.75. The number of amides is 2. The fourth-order valence-corrected chi connectivity index (χ4v) is 3.16. The molecule has 0 spiro atoms. The van der Waals surface area contributed by atoms with Gasteiger partial charge in [-0.1, -0.05) is 11.6 Å². The van der Waals surface area contributed by atoms with Gasteiger partial charge in [-0.3, -0.25) is 14.6 Å². The van der Waals surface area contributed by atoms with Crippen LogP contribution in [0.15, 0.2) is 18.5 Å². The van der Waals surface area contributed by atoms with Crippen molar-refractivity contribution in [3.05, 3.63) is 29.0 Å². The monoisotopic (exact) mass is 307 g/mol. The van der Waals surface area contributed by atoms with Crippen LogP contribution in [0.4, 0.5) is 0 Å². The minimum Gasteiger partial charge on any atom is -0.343 e. The van der Waals surface area contributed by atoms with E-state index < -0.39 is 11.6 Å². The van der Waals surface area contributed by atoms with Crippen molar-refractivity contribution >= 4 is 23.4 Å². The Kier molecular flexibility index (Phi) is 3.40. The van der Waals surface area contributed by atoms with Gasteiger partial charge in [-0.2, -0.15) is 0 Å². The smallest absolute Gasteiger partial charge is 0.246 e. The fraction of sp³-hybridized carbons (Fsp3) is 0.533. The molecule has 1 aromatic heterocycles. The fourth-order valence-electron chi connectivity index (χ4n) is 2.99. The van der Waals surface area contributed by atoms with Gasteiger partial charge in [0.1, 0.15) is 11.6 Å². The SMILES string of the molecule is CC1NC(=O)C(C)(C2CC2)N(Cc2ccncc2Cl)C1=O. The molecule has 2 heterocycles. The normalized spacial score (nSPS) is 29.5. The van der Waals surface area contributed by atoms with Gasteiger partial charge in [-0.25, -0.2) is 0 Å². The number of rotatable bonds is 3. The number of carbonyl (C=O) groups is 2. The summed E-state index contributed by atoms with van der Waals surface area (Å²) < 4.78 is 0. The molecule has 2 amide bonds. The molecule has 0 bridgehead atoms. The van der Waals surface area contributed by atoms with E-state index in [1.807, 2.05) is 6.92 Å². The van der Waals surface area contributed by atoms with Crippen LogP contribution in [0.2, 0.25) is 5.02 Å².